The number of imide groups is 1. The van der Waals surface area contributed by atoms with E-state index >= 15 is 0 Å². The number of benzene rings is 1. The quantitative estimate of drug-likeness (QED) is 0.477. The van der Waals surface area contributed by atoms with Gasteiger partial charge in [-0.05, 0) is 18.1 Å². The van der Waals surface area contributed by atoms with Crippen LogP contribution in [0.25, 0.3) is 0 Å². The van der Waals surface area contributed by atoms with Gasteiger partial charge in [-0.15, -0.1) is 0 Å². The lowest BCUT2D eigenvalue weighted by atomic mass is 10.1. The molecule has 0 atom stereocenters. The molecule has 0 aliphatic carbocycles. The monoisotopic (exact) mass is 288 g/mol. The molecule has 1 aliphatic heterocycles. The summed E-state index contributed by atoms with van der Waals surface area (Å²) in [5.74, 6) is 0.257. The Kier molecular flexibility index (Phi) is 4.57. The Balaban J connectivity index is 1.90. The van der Waals surface area contributed by atoms with Crippen molar-refractivity contribution >= 4 is 17.8 Å². The third-order valence-electron chi connectivity index (χ3n) is 3.15. The predicted molar refractivity (Wildman–Crippen MR) is 81.1 cm³/mol. The standard InChI is InChI=1S/C15H20N4O2/c1-10(2)9-18-15(16)17-7-8-19-13(20)11-5-3-4-6-12(11)14(19)21/h3-6,10H,7-9H2,1-2H3,(H3,16,17,18). The number of nitrogens with zero attached hydrogens (tertiary/aromatic N) is 2. The van der Waals surface area contributed by atoms with Gasteiger partial charge in [0.1, 0.15) is 0 Å². The van der Waals surface area contributed by atoms with Gasteiger partial charge in [0.2, 0.25) is 0 Å². The van der Waals surface area contributed by atoms with Gasteiger partial charge in [0.15, 0.2) is 5.96 Å². The molecule has 0 radical (unpaired) electrons. The third kappa shape index (κ3) is 3.39. The van der Waals surface area contributed by atoms with E-state index in [-0.39, 0.29) is 18.4 Å². The lowest BCUT2D eigenvalue weighted by molar-refractivity contribution is 0.0657. The molecular formula is C15H20N4O2. The zero-order valence-electron chi connectivity index (χ0n) is 12.3. The fraction of sp³-hybridized carbons (Fsp3) is 0.400. The molecule has 0 fully saturated rings. The molecule has 112 valence electrons. The molecule has 2 amide bonds. The van der Waals surface area contributed by atoms with Gasteiger partial charge in [-0.3, -0.25) is 19.5 Å². The van der Waals surface area contributed by atoms with Gasteiger partial charge in [0, 0.05) is 19.6 Å². The van der Waals surface area contributed by atoms with E-state index in [9.17, 15) is 9.59 Å². The average molecular weight is 288 g/mol. The largest absolute Gasteiger partial charge is 0.370 e. The number of nitrogens with one attached hydrogen (secondary N) is 1. The van der Waals surface area contributed by atoms with E-state index in [0.29, 0.717) is 36.1 Å². The molecule has 0 bridgehead atoms. The van der Waals surface area contributed by atoms with E-state index in [0.717, 1.165) is 0 Å². The van der Waals surface area contributed by atoms with E-state index in [1.165, 1.54) is 4.90 Å². The van der Waals surface area contributed by atoms with Crippen LogP contribution in [-0.4, -0.2) is 42.3 Å². The normalized spacial score (nSPS) is 14.8. The molecule has 21 heavy (non-hydrogen) atoms. The molecular weight excluding hydrogens is 268 g/mol. The van der Waals surface area contributed by atoms with Crippen molar-refractivity contribution in [3.63, 3.8) is 0 Å². The fourth-order valence-corrected chi connectivity index (χ4v) is 2.07. The second-order valence-corrected chi connectivity index (χ2v) is 5.35. The highest BCUT2D eigenvalue weighted by Crippen LogP contribution is 2.21. The first-order valence-electron chi connectivity index (χ1n) is 6.99. The Morgan fingerprint density at radius 3 is 2.33 bits per heavy atom. The van der Waals surface area contributed by atoms with Crippen molar-refractivity contribution in [1.82, 2.24) is 10.2 Å². The summed E-state index contributed by atoms with van der Waals surface area (Å²) in [7, 11) is 0. The lowest BCUT2D eigenvalue weighted by Crippen LogP contribution is -2.40. The van der Waals surface area contributed by atoms with E-state index < -0.39 is 0 Å². The van der Waals surface area contributed by atoms with Gasteiger partial charge >= 0.3 is 0 Å². The topological polar surface area (TPSA) is 87.8 Å². The molecule has 2 rings (SSSR count). The zero-order valence-corrected chi connectivity index (χ0v) is 12.3. The third-order valence-corrected chi connectivity index (χ3v) is 3.15. The molecule has 1 aromatic carbocycles. The van der Waals surface area contributed by atoms with E-state index in [1.54, 1.807) is 24.3 Å². The summed E-state index contributed by atoms with van der Waals surface area (Å²) in [4.78, 5) is 29.6. The number of aliphatic imine (C=N–C) groups is 1. The minimum absolute atomic E-state index is 0.255. The molecule has 6 heteroatoms. The summed E-state index contributed by atoms with van der Waals surface area (Å²) >= 11 is 0. The van der Waals surface area contributed by atoms with Gasteiger partial charge in [0.25, 0.3) is 11.8 Å². The summed E-state index contributed by atoms with van der Waals surface area (Å²) in [6.07, 6.45) is 0. The Morgan fingerprint density at radius 2 is 1.81 bits per heavy atom. The van der Waals surface area contributed by atoms with Gasteiger partial charge in [-0.2, -0.15) is 0 Å². The van der Waals surface area contributed by atoms with Crippen LogP contribution in [0.5, 0.6) is 0 Å². The first-order chi connectivity index (χ1) is 10.0. The SMILES string of the molecule is CC(C)CN=C(N)NCCN1C(=O)c2ccccc2C1=O. The van der Waals surface area contributed by atoms with Crippen LogP contribution < -0.4 is 11.1 Å². The van der Waals surface area contributed by atoms with Crippen molar-refractivity contribution in [2.24, 2.45) is 16.6 Å². The van der Waals surface area contributed by atoms with Crippen LogP contribution in [0.15, 0.2) is 29.3 Å². The van der Waals surface area contributed by atoms with E-state index in [4.69, 9.17) is 5.73 Å². The van der Waals surface area contributed by atoms with Crippen LogP contribution >= 0.6 is 0 Å². The second-order valence-electron chi connectivity index (χ2n) is 5.35. The van der Waals surface area contributed by atoms with Crippen LogP contribution in [0.1, 0.15) is 34.6 Å². The van der Waals surface area contributed by atoms with Gasteiger partial charge in [0.05, 0.1) is 11.1 Å². The smallest absolute Gasteiger partial charge is 0.261 e. The van der Waals surface area contributed by atoms with Crippen LogP contribution in [0.2, 0.25) is 0 Å². The second kappa shape index (κ2) is 6.39. The summed E-state index contributed by atoms with van der Waals surface area (Å²) in [5, 5.41) is 2.91. The molecule has 0 saturated heterocycles. The molecule has 6 nitrogen and oxygen atoms in total. The van der Waals surface area contributed by atoms with Gasteiger partial charge < -0.3 is 11.1 Å². The molecule has 0 saturated carbocycles. The zero-order chi connectivity index (χ0) is 15.4. The van der Waals surface area contributed by atoms with Crippen LogP contribution in [0.3, 0.4) is 0 Å². The molecule has 1 aromatic rings. The highest BCUT2D eigenvalue weighted by molar-refractivity contribution is 6.21. The van der Waals surface area contributed by atoms with Crippen molar-refractivity contribution in [2.45, 2.75) is 13.8 Å². The van der Waals surface area contributed by atoms with E-state index in [1.807, 2.05) is 0 Å². The fourth-order valence-electron chi connectivity index (χ4n) is 2.07. The number of carbonyl (C=O) groups is 2. The van der Waals surface area contributed by atoms with Crippen LogP contribution in [0.4, 0.5) is 0 Å². The highest BCUT2D eigenvalue weighted by Gasteiger charge is 2.34. The maximum absolute atomic E-state index is 12.1. The molecule has 3 N–H and O–H groups in total. The van der Waals surface area contributed by atoms with Crippen LogP contribution in [-0.2, 0) is 0 Å². The van der Waals surface area contributed by atoms with Crippen molar-refractivity contribution in [2.75, 3.05) is 19.6 Å². The Bertz CT molecular complexity index is 546. The van der Waals surface area contributed by atoms with Gasteiger partial charge in [-0.1, -0.05) is 26.0 Å². The minimum Gasteiger partial charge on any atom is -0.370 e. The van der Waals surface area contributed by atoms with Crippen molar-refractivity contribution in [3.05, 3.63) is 35.4 Å². The summed E-state index contributed by atoms with van der Waals surface area (Å²) in [6, 6.07) is 6.84. The molecule has 0 aromatic heterocycles. The van der Waals surface area contributed by atoms with Crippen molar-refractivity contribution in [1.29, 1.82) is 0 Å². The first kappa shape index (κ1) is 15.0. The molecule has 0 spiro atoms. The minimum atomic E-state index is -0.255. The van der Waals surface area contributed by atoms with Crippen LogP contribution in [0, 0.1) is 5.92 Å². The maximum Gasteiger partial charge on any atom is 0.261 e. The number of fused-ring (bicyclic) bond motifs is 1. The molecule has 1 heterocycles. The van der Waals surface area contributed by atoms with Gasteiger partial charge in [-0.25, -0.2) is 0 Å². The molecule has 1 aliphatic rings. The maximum atomic E-state index is 12.1. The summed E-state index contributed by atoms with van der Waals surface area (Å²) in [5.41, 5.74) is 6.63. The number of rotatable bonds is 5. The summed E-state index contributed by atoms with van der Waals surface area (Å²) < 4.78 is 0. The number of carbonyl (C=O) groups excluding carboxylic acids is 2. The number of hydrogen-bond acceptors (Lipinski definition) is 3. The lowest BCUT2D eigenvalue weighted by Gasteiger charge is -2.14. The number of hydrogen-bond donors (Lipinski definition) is 2. The number of nitrogens with two attached hydrogens (primary N) is 1. The first-order valence-corrected chi connectivity index (χ1v) is 6.99. The average Bonchev–Trinajstić information content (AvgIpc) is 2.70. The Hall–Kier alpha value is -2.37. The van der Waals surface area contributed by atoms with Crippen molar-refractivity contribution in [3.8, 4) is 0 Å². The summed E-state index contributed by atoms with van der Waals surface area (Å²) in [6.45, 7) is 5.40. The Labute approximate surface area is 124 Å². The van der Waals surface area contributed by atoms with E-state index in [2.05, 4.69) is 24.2 Å². The Morgan fingerprint density at radius 1 is 1.24 bits per heavy atom. The number of amides is 2. The highest BCUT2D eigenvalue weighted by atomic mass is 16.2. The number of guanidine groups is 1. The molecule has 0 unspecified atom stereocenters. The van der Waals surface area contributed by atoms with Crippen molar-refractivity contribution < 1.29 is 9.59 Å². The predicted octanol–water partition coefficient (Wildman–Crippen LogP) is 0.843.